The van der Waals surface area contributed by atoms with E-state index in [1.807, 2.05) is 24.3 Å². The fourth-order valence-corrected chi connectivity index (χ4v) is 2.57. The molecule has 25 heavy (non-hydrogen) atoms. The first-order chi connectivity index (χ1) is 11.6. The molecule has 0 aliphatic rings. The van der Waals surface area contributed by atoms with Gasteiger partial charge in [0.05, 0.1) is 0 Å². The lowest BCUT2D eigenvalue weighted by Crippen LogP contribution is -2.24. The first-order valence-electron chi connectivity index (χ1n) is 8.32. The molecule has 2 aromatic rings. The summed E-state index contributed by atoms with van der Waals surface area (Å²) in [5.74, 6) is -3.33. The molecule has 0 saturated carbocycles. The molecule has 5 heteroatoms. The summed E-state index contributed by atoms with van der Waals surface area (Å²) >= 11 is 0. The van der Waals surface area contributed by atoms with Crippen molar-refractivity contribution in [3.63, 3.8) is 0 Å². The summed E-state index contributed by atoms with van der Waals surface area (Å²) in [5, 5.41) is 1.94. The van der Waals surface area contributed by atoms with Crippen molar-refractivity contribution in [3.05, 3.63) is 42.0 Å². The summed E-state index contributed by atoms with van der Waals surface area (Å²) in [6.07, 6.45) is 0.981. The average Bonchev–Trinajstić information content (AvgIpc) is 2.56. The highest BCUT2D eigenvalue weighted by molar-refractivity contribution is 5.92. The Morgan fingerprint density at radius 3 is 2.32 bits per heavy atom. The Hall–Kier alpha value is -2.17. The van der Waals surface area contributed by atoms with Crippen molar-refractivity contribution in [1.29, 1.82) is 0 Å². The fourth-order valence-electron chi connectivity index (χ4n) is 2.57. The van der Waals surface area contributed by atoms with Crippen LogP contribution in [0.2, 0.25) is 0 Å². The van der Waals surface area contributed by atoms with E-state index in [1.165, 1.54) is 5.56 Å². The molecule has 136 valence electrons. The number of hydrogen-bond acceptors (Lipinski definition) is 3. The Morgan fingerprint density at radius 2 is 1.68 bits per heavy atom. The molecule has 3 nitrogen and oxygen atoms in total. The van der Waals surface area contributed by atoms with Gasteiger partial charge in [0.25, 0.3) is 5.92 Å². The lowest BCUT2D eigenvalue weighted by atomic mass is 9.79. The first kappa shape index (κ1) is 19.2. The van der Waals surface area contributed by atoms with Crippen LogP contribution < -0.4 is 4.74 Å². The van der Waals surface area contributed by atoms with Gasteiger partial charge in [0.1, 0.15) is 5.75 Å². The Balaban J connectivity index is 2.20. The third-order valence-electron chi connectivity index (χ3n) is 4.33. The maximum atomic E-state index is 12.7. The minimum absolute atomic E-state index is 0.00374. The van der Waals surface area contributed by atoms with E-state index in [-0.39, 0.29) is 5.41 Å². The molecule has 0 atom stereocenters. The van der Waals surface area contributed by atoms with Crippen LogP contribution in [0.4, 0.5) is 8.78 Å². The second kappa shape index (κ2) is 7.38. The molecule has 0 saturated heterocycles. The summed E-state index contributed by atoms with van der Waals surface area (Å²) in [6.45, 7) is 5.84. The van der Waals surface area contributed by atoms with Crippen molar-refractivity contribution in [2.75, 3.05) is 13.2 Å². The minimum atomic E-state index is -3.05. The SMILES string of the molecule is CCC(C)(C)c1cccc2c(OCC(=O)OCC(C)(F)F)cccc12. The third-order valence-corrected chi connectivity index (χ3v) is 4.33. The number of carbonyl (C=O) groups excluding carboxylic acids is 1. The van der Waals surface area contributed by atoms with E-state index in [1.54, 1.807) is 6.07 Å². The van der Waals surface area contributed by atoms with Crippen LogP contribution in [-0.2, 0) is 14.9 Å². The van der Waals surface area contributed by atoms with Crippen LogP contribution in [-0.4, -0.2) is 25.1 Å². The summed E-state index contributed by atoms with van der Waals surface area (Å²) in [5.41, 5.74) is 1.20. The zero-order valence-electron chi connectivity index (χ0n) is 15.1. The van der Waals surface area contributed by atoms with Crippen LogP contribution in [0.5, 0.6) is 5.75 Å². The van der Waals surface area contributed by atoms with Crippen molar-refractivity contribution in [1.82, 2.24) is 0 Å². The Morgan fingerprint density at radius 1 is 1.04 bits per heavy atom. The monoisotopic (exact) mass is 350 g/mol. The zero-order chi connectivity index (χ0) is 18.7. The zero-order valence-corrected chi connectivity index (χ0v) is 15.1. The van der Waals surface area contributed by atoms with Gasteiger partial charge in [0.2, 0.25) is 0 Å². The van der Waals surface area contributed by atoms with Crippen LogP contribution in [0, 0.1) is 0 Å². The number of rotatable bonds is 7. The van der Waals surface area contributed by atoms with Crippen LogP contribution in [0.1, 0.15) is 39.7 Å². The topological polar surface area (TPSA) is 35.5 Å². The van der Waals surface area contributed by atoms with Crippen LogP contribution in [0.25, 0.3) is 10.8 Å². The van der Waals surface area contributed by atoms with Crippen molar-refractivity contribution >= 4 is 16.7 Å². The van der Waals surface area contributed by atoms with Gasteiger partial charge in [-0.3, -0.25) is 0 Å². The number of ether oxygens (including phenoxy) is 2. The maximum absolute atomic E-state index is 12.7. The van der Waals surface area contributed by atoms with E-state index in [9.17, 15) is 13.6 Å². The molecule has 2 rings (SSSR count). The number of esters is 1. The van der Waals surface area contributed by atoms with E-state index >= 15 is 0 Å². The molecule has 0 spiro atoms. The minimum Gasteiger partial charge on any atom is -0.481 e. The van der Waals surface area contributed by atoms with Gasteiger partial charge in [-0.1, -0.05) is 51.1 Å². The lowest BCUT2D eigenvalue weighted by Gasteiger charge is -2.25. The molecule has 0 N–H and O–H groups in total. The maximum Gasteiger partial charge on any atom is 0.344 e. The Kier molecular flexibility index (Phi) is 5.65. The Bertz CT molecular complexity index is 748. The fraction of sp³-hybridized carbons (Fsp3) is 0.450. The molecular formula is C20H24F2O3. The lowest BCUT2D eigenvalue weighted by molar-refractivity contribution is -0.155. The predicted octanol–water partition coefficient (Wildman–Crippen LogP) is 5.10. The molecule has 0 aliphatic carbocycles. The van der Waals surface area contributed by atoms with E-state index in [0.717, 1.165) is 17.2 Å². The second-order valence-corrected chi connectivity index (χ2v) is 6.91. The van der Waals surface area contributed by atoms with Gasteiger partial charge in [-0.2, -0.15) is 0 Å². The molecule has 0 amide bonds. The number of fused-ring (bicyclic) bond motifs is 1. The van der Waals surface area contributed by atoms with Gasteiger partial charge in [-0.05, 0) is 28.9 Å². The molecule has 0 aliphatic heterocycles. The quantitative estimate of drug-likeness (QED) is 0.651. The summed E-state index contributed by atoms with van der Waals surface area (Å²) in [7, 11) is 0. The van der Waals surface area contributed by atoms with E-state index < -0.39 is 25.1 Å². The smallest absolute Gasteiger partial charge is 0.344 e. The highest BCUT2D eigenvalue weighted by atomic mass is 19.3. The molecule has 2 aromatic carbocycles. The largest absolute Gasteiger partial charge is 0.481 e. The van der Waals surface area contributed by atoms with Crippen molar-refractivity contribution in [2.45, 2.75) is 45.5 Å². The number of alkyl halides is 2. The van der Waals surface area contributed by atoms with Crippen LogP contribution in [0.3, 0.4) is 0 Å². The standard InChI is InChI=1S/C20H24F2O3/c1-5-19(2,3)16-10-6-9-15-14(16)8-7-11-17(15)24-12-18(23)25-13-20(4,21)22/h6-11H,5,12-13H2,1-4H3. The van der Waals surface area contributed by atoms with E-state index in [4.69, 9.17) is 4.74 Å². The van der Waals surface area contributed by atoms with Gasteiger partial charge in [-0.25, -0.2) is 13.6 Å². The summed E-state index contributed by atoms with van der Waals surface area (Å²) < 4.78 is 35.5. The average molecular weight is 350 g/mol. The van der Waals surface area contributed by atoms with Gasteiger partial charge in [-0.15, -0.1) is 0 Å². The number of benzene rings is 2. The normalized spacial score (nSPS) is 12.2. The number of carbonyl (C=O) groups is 1. The van der Waals surface area contributed by atoms with E-state index in [0.29, 0.717) is 12.7 Å². The summed E-state index contributed by atoms with van der Waals surface area (Å²) in [6, 6.07) is 11.6. The second-order valence-electron chi connectivity index (χ2n) is 6.91. The highest BCUT2D eigenvalue weighted by Crippen LogP contribution is 2.36. The molecular weight excluding hydrogens is 326 g/mol. The van der Waals surface area contributed by atoms with Gasteiger partial charge < -0.3 is 9.47 Å². The first-order valence-corrected chi connectivity index (χ1v) is 8.32. The van der Waals surface area contributed by atoms with Crippen LogP contribution >= 0.6 is 0 Å². The molecule has 0 aromatic heterocycles. The predicted molar refractivity (Wildman–Crippen MR) is 94.3 cm³/mol. The van der Waals surface area contributed by atoms with E-state index in [2.05, 4.69) is 31.6 Å². The van der Waals surface area contributed by atoms with Crippen molar-refractivity contribution in [2.24, 2.45) is 0 Å². The Labute approximate surface area is 146 Å². The van der Waals surface area contributed by atoms with Crippen molar-refractivity contribution in [3.8, 4) is 5.75 Å². The molecule has 0 unspecified atom stereocenters. The van der Waals surface area contributed by atoms with Gasteiger partial charge >= 0.3 is 5.97 Å². The van der Waals surface area contributed by atoms with Gasteiger partial charge in [0.15, 0.2) is 13.2 Å². The molecule has 0 heterocycles. The third kappa shape index (κ3) is 4.91. The molecule has 0 radical (unpaired) electrons. The number of halogens is 2. The van der Waals surface area contributed by atoms with Crippen LogP contribution in [0.15, 0.2) is 36.4 Å². The summed E-state index contributed by atoms with van der Waals surface area (Å²) in [4.78, 5) is 11.6. The number of hydrogen-bond donors (Lipinski definition) is 0. The van der Waals surface area contributed by atoms with Crippen molar-refractivity contribution < 1.29 is 23.0 Å². The highest BCUT2D eigenvalue weighted by Gasteiger charge is 2.24. The molecule has 0 bridgehead atoms. The van der Waals surface area contributed by atoms with Gasteiger partial charge in [0, 0.05) is 12.3 Å². The molecule has 0 fully saturated rings.